The van der Waals surface area contributed by atoms with Gasteiger partial charge in [0.25, 0.3) is 5.56 Å². The molecule has 2 N–H and O–H groups in total. The van der Waals surface area contributed by atoms with Gasteiger partial charge >= 0.3 is 5.97 Å². The molecule has 39 heavy (non-hydrogen) atoms. The van der Waals surface area contributed by atoms with Crippen molar-refractivity contribution in [3.05, 3.63) is 104 Å². The number of unbranched alkanes of at least 4 members (excludes halogenated alkanes) is 4. The largest absolute Gasteiger partial charge is 0.416 e. The van der Waals surface area contributed by atoms with E-state index in [1.54, 1.807) is 30.1 Å². The van der Waals surface area contributed by atoms with Crippen molar-refractivity contribution in [1.82, 2.24) is 9.97 Å². The van der Waals surface area contributed by atoms with Gasteiger partial charge in [0.1, 0.15) is 5.69 Å². The molecule has 2 heterocycles. The number of carbonyl (C=O) groups excluding carboxylic acids is 1. The number of rotatable bonds is 14. The number of aromatic amines is 2. The lowest BCUT2D eigenvalue weighted by molar-refractivity contribution is 0.0726. The zero-order valence-corrected chi connectivity index (χ0v) is 24.1. The third-order valence-electron chi connectivity index (χ3n) is 6.85. The number of hydrogen-bond acceptors (Lipinski definition) is 4. The zero-order valence-electron chi connectivity index (χ0n) is 22.6. The summed E-state index contributed by atoms with van der Waals surface area (Å²) in [6, 6.07) is 9.63. The number of H-pyrrole nitrogens is 2. The Kier molecular flexibility index (Phi) is 11.2. The smallest absolute Gasteiger partial charge is 0.360 e. The second-order valence-electron chi connectivity index (χ2n) is 9.98. The summed E-state index contributed by atoms with van der Waals surface area (Å²) in [6.07, 6.45) is 21.3. The van der Waals surface area contributed by atoms with Crippen molar-refractivity contribution in [3.63, 3.8) is 0 Å². The number of thioether (sulfide) groups is 1. The molecule has 0 spiro atoms. The Labute approximate surface area is 240 Å². The fraction of sp³-hybridized carbons (Fsp3) is 0.375. The molecule has 1 aliphatic carbocycles. The Morgan fingerprint density at radius 2 is 1.82 bits per heavy atom. The first kappa shape index (κ1) is 29.0. The quantitative estimate of drug-likeness (QED) is 0.117. The van der Waals surface area contributed by atoms with E-state index in [2.05, 4.69) is 47.3 Å². The predicted molar refractivity (Wildman–Crippen MR) is 161 cm³/mol. The van der Waals surface area contributed by atoms with Crippen LogP contribution in [-0.2, 0) is 18.6 Å². The molecular formula is C32H37ClN2O3S. The van der Waals surface area contributed by atoms with Gasteiger partial charge in [0.15, 0.2) is 5.75 Å². The van der Waals surface area contributed by atoms with Crippen LogP contribution in [0.15, 0.2) is 76.2 Å². The van der Waals surface area contributed by atoms with Crippen LogP contribution in [0.3, 0.4) is 0 Å². The lowest BCUT2D eigenvalue weighted by Crippen LogP contribution is -2.17. The number of carbonyl (C=O) groups is 1. The molecule has 4 rings (SSSR count). The van der Waals surface area contributed by atoms with E-state index in [9.17, 15) is 9.59 Å². The molecule has 0 atom stereocenters. The second-order valence-corrected chi connectivity index (χ2v) is 11.4. The molecule has 0 aliphatic heterocycles. The zero-order chi connectivity index (χ0) is 27.5. The topological polar surface area (TPSA) is 75.0 Å². The maximum Gasteiger partial charge on any atom is 0.360 e. The van der Waals surface area contributed by atoms with Crippen molar-refractivity contribution in [2.45, 2.75) is 81.8 Å². The number of ether oxygens (including phenoxy) is 1. The van der Waals surface area contributed by atoms with E-state index in [0.717, 1.165) is 59.6 Å². The average Bonchev–Trinajstić information content (AvgIpc) is 3.43. The molecule has 7 heteroatoms. The van der Waals surface area contributed by atoms with E-state index >= 15 is 0 Å². The van der Waals surface area contributed by atoms with Crippen LogP contribution in [0.1, 0.15) is 85.5 Å². The number of halogens is 1. The maximum atomic E-state index is 12.7. The summed E-state index contributed by atoms with van der Waals surface area (Å²) in [6.45, 7) is 2.22. The molecule has 0 radical (unpaired) electrons. The highest BCUT2D eigenvalue weighted by Crippen LogP contribution is 2.29. The normalized spacial score (nSPS) is 12.9. The number of allylic oxidation sites excluding steroid dienone is 4. The molecule has 0 amide bonds. The summed E-state index contributed by atoms with van der Waals surface area (Å²) < 4.78 is 5.46. The summed E-state index contributed by atoms with van der Waals surface area (Å²) in [7, 11) is 0. The molecule has 0 fully saturated rings. The van der Waals surface area contributed by atoms with Crippen LogP contribution < -0.4 is 10.3 Å². The van der Waals surface area contributed by atoms with E-state index in [0.29, 0.717) is 11.4 Å². The van der Waals surface area contributed by atoms with Crippen LogP contribution in [0.4, 0.5) is 0 Å². The molecule has 1 aliphatic rings. The molecule has 3 aromatic rings. The summed E-state index contributed by atoms with van der Waals surface area (Å²) in [5, 5.41) is 0.795. The number of aryl methyl sites for hydroxylation is 2. The first-order chi connectivity index (χ1) is 19.0. The van der Waals surface area contributed by atoms with Crippen LogP contribution in [0.25, 0.3) is 0 Å². The van der Waals surface area contributed by atoms with E-state index in [1.807, 2.05) is 12.3 Å². The van der Waals surface area contributed by atoms with E-state index in [-0.39, 0.29) is 5.75 Å². The van der Waals surface area contributed by atoms with Crippen LogP contribution in [0.5, 0.6) is 5.75 Å². The van der Waals surface area contributed by atoms with Crippen LogP contribution in [-0.4, -0.2) is 15.9 Å². The number of pyridine rings is 1. The molecule has 1 aromatic carbocycles. The highest BCUT2D eigenvalue weighted by molar-refractivity contribution is 7.98. The summed E-state index contributed by atoms with van der Waals surface area (Å²) in [5.41, 5.74) is 4.28. The lowest BCUT2D eigenvalue weighted by atomic mass is 10.0. The number of hydrogen-bond donors (Lipinski definition) is 2. The lowest BCUT2D eigenvalue weighted by Gasteiger charge is -2.08. The Morgan fingerprint density at radius 3 is 2.62 bits per heavy atom. The Bertz CT molecular complexity index is 1370. The van der Waals surface area contributed by atoms with Gasteiger partial charge in [0.2, 0.25) is 0 Å². The van der Waals surface area contributed by atoms with Gasteiger partial charge in [-0.3, -0.25) is 4.79 Å². The summed E-state index contributed by atoms with van der Waals surface area (Å²) in [4.78, 5) is 31.8. The summed E-state index contributed by atoms with van der Waals surface area (Å²) >= 11 is 8.17. The Morgan fingerprint density at radius 1 is 0.974 bits per heavy atom. The highest BCUT2D eigenvalue weighted by Gasteiger charge is 2.15. The van der Waals surface area contributed by atoms with Crippen molar-refractivity contribution >= 4 is 29.3 Å². The molecule has 0 bridgehead atoms. The Balaban J connectivity index is 1.29. The van der Waals surface area contributed by atoms with E-state index in [1.165, 1.54) is 36.8 Å². The number of esters is 1. The van der Waals surface area contributed by atoms with Crippen molar-refractivity contribution in [1.29, 1.82) is 0 Å². The van der Waals surface area contributed by atoms with Gasteiger partial charge in [-0.05, 0) is 79.5 Å². The van der Waals surface area contributed by atoms with Crippen molar-refractivity contribution < 1.29 is 9.53 Å². The minimum Gasteiger partial charge on any atom is -0.416 e. The fourth-order valence-corrected chi connectivity index (χ4v) is 5.77. The molecule has 0 saturated heterocycles. The molecule has 0 unspecified atom stereocenters. The number of benzene rings is 1. The first-order valence-electron chi connectivity index (χ1n) is 13.9. The minimum absolute atomic E-state index is 0.0109. The monoisotopic (exact) mass is 564 g/mol. The van der Waals surface area contributed by atoms with Gasteiger partial charge in [-0.15, -0.1) is 11.8 Å². The van der Waals surface area contributed by atoms with Crippen LogP contribution in [0.2, 0.25) is 5.02 Å². The van der Waals surface area contributed by atoms with Gasteiger partial charge in [0.05, 0.1) is 0 Å². The van der Waals surface area contributed by atoms with Gasteiger partial charge in [-0.2, -0.15) is 0 Å². The Hall–Kier alpha value is -2.96. The van der Waals surface area contributed by atoms with Gasteiger partial charge in [-0.25, -0.2) is 4.79 Å². The van der Waals surface area contributed by atoms with Crippen molar-refractivity contribution in [2.75, 3.05) is 0 Å². The predicted octanol–water partition coefficient (Wildman–Crippen LogP) is 8.59. The number of nitrogens with one attached hydrogen (secondary N) is 2. The number of aromatic nitrogens is 2. The van der Waals surface area contributed by atoms with E-state index < -0.39 is 11.5 Å². The van der Waals surface area contributed by atoms with Crippen LogP contribution in [0, 0.1) is 0 Å². The molecule has 5 nitrogen and oxygen atoms in total. The van der Waals surface area contributed by atoms with E-state index in [4.69, 9.17) is 16.3 Å². The third-order valence-corrected chi connectivity index (χ3v) is 8.26. The second kappa shape index (κ2) is 15.0. The first-order valence-corrected chi connectivity index (χ1v) is 15.3. The van der Waals surface area contributed by atoms with Gasteiger partial charge in [0, 0.05) is 28.1 Å². The summed E-state index contributed by atoms with van der Waals surface area (Å²) in [5.74, 6) is 0.0129. The van der Waals surface area contributed by atoms with Gasteiger partial charge in [-0.1, -0.05) is 74.1 Å². The SMILES string of the molecule is CCCCCCCc1ccc(SCc2c[nH]c(=O)c(OC(=O)c3cc(CCC4=CCCC=C4)c[nH]3)c2)cc1Cl. The molecule has 0 saturated carbocycles. The van der Waals surface area contributed by atoms with Crippen LogP contribution >= 0.6 is 23.4 Å². The van der Waals surface area contributed by atoms with Gasteiger partial charge < -0.3 is 14.7 Å². The fourth-order valence-electron chi connectivity index (χ4n) is 4.57. The maximum absolute atomic E-state index is 12.7. The molecule has 206 valence electrons. The third kappa shape index (κ3) is 9.04. The minimum atomic E-state index is -0.578. The molecular weight excluding hydrogens is 528 g/mol. The molecule has 2 aromatic heterocycles. The van der Waals surface area contributed by atoms with Crippen molar-refractivity contribution in [2.24, 2.45) is 0 Å². The highest BCUT2D eigenvalue weighted by atomic mass is 35.5. The average molecular weight is 565 g/mol. The van der Waals surface area contributed by atoms with Crippen molar-refractivity contribution in [3.8, 4) is 5.75 Å². The standard InChI is InChI=1S/C32H37ClN2O3S/c1-2-3-4-5-9-12-26-15-16-27(19-28(26)33)39-22-25-18-30(31(36)35-21-25)38-32(37)29-17-24(20-34-29)14-13-23-10-7-6-8-11-23/h7,10-11,15-21,34H,2-6,8-9,12-14,22H2,1H3,(H,35,36).